The molecule has 2 aliphatic rings. The van der Waals surface area contributed by atoms with Gasteiger partial charge >= 0.3 is 0 Å². The minimum Gasteiger partial charge on any atom is -0.282 e. The Morgan fingerprint density at radius 1 is 1.09 bits per heavy atom. The van der Waals surface area contributed by atoms with Crippen molar-refractivity contribution in [2.75, 3.05) is 6.54 Å². The maximum Gasteiger partial charge on any atom is 0.233 e. The molecule has 120 valence electrons. The van der Waals surface area contributed by atoms with E-state index in [0.717, 1.165) is 54.5 Å². The molecule has 0 N–H and O–H groups in total. The van der Waals surface area contributed by atoms with Crippen molar-refractivity contribution in [3.8, 4) is 0 Å². The van der Waals surface area contributed by atoms with Crippen LogP contribution in [0, 0.1) is 25.7 Å². The van der Waals surface area contributed by atoms with Crippen LogP contribution in [0.1, 0.15) is 43.5 Å². The average Bonchev–Trinajstić information content (AvgIpc) is 2.91. The number of likely N-dealkylation sites (tertiary alicyclic amines) is 1. The number of aromatic nitrogens is 2. The monoisotopic (exact) mass is 367 g/mol. The summed E-state index contributed by atoms with van der Waals surface area (Å²) >= 11 is 3.52. The molecule has 2 heterocycles. The topological polar surface area (TPSA) is 55.2 Å². The molecule has 5 nitrogen and oxygen atoms in total. The van der Waals surface area contributed by atoms with Gasteiger partial charge in [-0.05, 0) is 49.0 Å². The van der Waals surface area contributed by atoms with Crippen molar-refractivity contribution in [3.63, 3.8) is 0 Å². The van der Waals surface area contributed by atoms with Crippen molar-refractivity contribution in [1.82, 2.24) is 14.7 Å². The number of nitrogens with zero attached hydrogens (tertiary/aromatic N) is 3. The maximum atomic E-state index is 12.4. The summed E-state index contributed by atoms with van der Waals surface area (Å²) in [5.74, 6) is 0.0432. The number of fused-ring (bicyclic) bond motifs is 1. The first-order chi connectivity index (χ1) is 10.5. The molecule has 1 aromatic heterocycles. The quantitative estimate of drug-likeness (QED) is 0.768. The maximum absolute atomic E-state index is 12.4. The summed E-state index contributed by atoms with van der Waals surface area (Å²) in [7, 11) is 0. The molecule has 0 radical (unpaired) electrons. The van der Waals surface area contributed by atoms with Gasteiger partial charge in [-0.3, -0.25) is 19.2 Å². The lowest BCUT2D eigenvalue weighted by Gasteiger charge is -2.19. The Labute approximate surface area is 139 Å². The molecule has 0 aromatic carbocycles. The highest BCUT2D eigenvalue weighted by atomic mass is 79.9. The van der Waals surface area contributed by atoms with Crippen LogP contribution >= 0.6 is 15.9 Å². The Hall–Kier alpha value is -1.17. The minimum absolute atomic E-state index is 0.0379. The molecule has 0 spiro atoms. The number of imide groups is 1. The number of hydrogen-bond acceptors (Lipinski definition) is 3. The molecule has 2 atom stereocenters. The van der Waals surface area contributed by atoms with Gasteiger partial charge in [-0.1, -0.05) is 12.8 Å². The third-order valence-corrected chi connectivity index (χ3v) is 6.12. The zero-order chi connectivity index (χ0) is 15.9. The van der Waals surface area contributed by atoms with Gasteiger partial charge in [0.25, 0.3) is 0 Å². The van der Waals surface area contributed by atoms with Gasteiger partial charge in [0.05, 0.1) is 22.0 Å². The second-order valence-electron chi connectivity index (χ2n) is 6.39. The largest absolute Gasteiger partial charge is 0.282 e. The second kappa shape index (κ2) is 6.14. The molecule has 1 aliphatic heterocycles. The number of rotatable bonds is 4. The van der Waals surface area contributed by atoms with Crippen molar-refractivity contribution >= 4 is 27.7 Å². The fourth-order valence-corrected chi connectivity index (χ4v) is 4.01. The summed E-state index contributed by atoms with van der Waals surface area (Å²) < 4.78 is 2.98. The van der Waals surface area contributed by atoms with E-state index in [0.29, 0.717) is 6.54 Å². The summed E-state index contributed by atoms with van der Waals surface area (Å²) in [6.07, 6.45) is 4.68. The molecule has 3 rings (SSSR count). The molecule has 1 aromatic rings. The molecule has 1 saturated heterocycles. The van der Waals surface area contributed by atoms with Crippen LogP contribution in [0.3, 0.4) is 0 Å². The van der Waals surface area contributed by atoms with Gasteiger partial charge in [0.15, 0.2) is 0 Å². The zero-order valence-corrected chi connectivity index (χ0v) is 14.7. The van der Waals surface area contributed by atoms with Crippen LogP contribution in [0.4, 0.5) is 0 Å². The van der Waals surface area contributed by atoms with Crippen LogP contribution < -0.4 is 0 Å². The van der Waals surface area contributed by atoms with E-state index in [2.05, 4.69) is 21.0 Å². The van der Waals surface area contributed by atoms with E-state index < -0.39 is 0 Å². The Balaban J connectivity index is 1.60. The number of amides is 2. The summed E-state index contributed by atoms with van der Waals surface area (Å²) in [4.78, 5) is 26.3. The molecule has 0 bridgehead atoms. The SMILES string of the molecule is Cc1nn(CCCN2C(=O)[C@H]3CCCC[C@H]3C2=O)c(C)c1Br. The molecule has 6 heteroatoms. The first-order valence-corrected chi connectivity index (χ1v) is 8.84. The predicted octanol–water partition coefficient (Wildman–Crippen LogP) is 2.83. The van der Waals surface area contributed by atoms with E-state index in [1.165, 1.54) is 4.90 Å². The third kappa shape index (κ3) is 2.62. The normalized spacial score (nSPS) is 25.0. The minimum atomic E-state index is -0.0379. The highest BCUT2D eigenvalue weighted by molar-refractivity contribution is 9.10. The van der Waals surface area contributed by atoms with Crippen LogP contribution in [0.25, 0.3) is 0 Å². The van der Waals surface area contributed by atoms with E-state index in [4.69, 9.17) is 0 Å². The van der Waals surface area contributed by atoms with Crippen molar-refractivity contribution in [3.05, 3.63) is 15.9 Å². The number of carbonyl (C=O) groups is 2. The molecule has 22 heavy (non-hydrogen) atoms. The Bertz CT molecular complexity index is 587. The summed E-state index contributed by atoms with van der Waals surface area (Å²) in [6.45, 7) is 5.22. The molecule has 2 amide bonds. The first-order valence-electron chi connectivity index (χ1n) is 8.05. The smallest absolute Gasteiger partial charge is 0.233 e. The lowest BCUT2D eigenvalue weighted by molar-refractivity contribution is -0.140. The third-order valence-electron chi connectivity index (χ3n) is 4.98. The standard InChI is InChI=1S/C16H22BrN3O2/c1-10-14(17)11(2)20(18-10)9-5-8-19-15(21)12-6-3-4-7-13(12)16(19)22/h12-13H,3-9H2,1-2H3/t12-,13+. The summed E-state index contributed by atoms with van der Waals surface area (Å²) in [5, 5.41) is 4.47. The van der Waals surface area contributed by atoms with E-state index in [1.807, 2.05) is 18.5 Å². The van der Waals surface area contributed by atoms with Crippen LogP contribution in [-0.4, -0.2) is 33.0 Å². The van der Waals surface area contributed by atoms with Crippen molar-refractivity contribution in [2.24, 2.45) is 11.8 Å². The average molecular weight is 368 g/mol. The number of carbonyl (C=O) groups excluding carboxylic acids is 2. The van der Waals surface area contributed by atoms with Gasteiger partial charge in [-0.15, -0.1) is 0 Å². The molecule has 0 unspecified atom stereocenters. The highest BCUT2D eigenvalue weighted by Crippen LogP contribution is 2.38. The molecular weight excluding hydrogens is 346 g/mol. The van der Waals surface area contributed by atoms with Crippen LogP contribution in [0.5, 0.6) is 0 Å². The summed E-state index contributed by atoms with van der Waals surface area (Å²) in [6, 6.07) is 0. The van der Waals surface area contributed by atoms with E-state index in [-0.39, 0.29) is 23.7 Å². The van der Waals surface area contributed by atoms with Crippen LogP contribution in [-0.2, 0) is 16.1 Å². The zero-order valence-electron chi connectivity index (χ0n) is 13.1. The molecule has 1 saturated carbocycles. The van der Waals surface area contributed by atoms with Gasteiger partial charge in [0.1, 0.15) is 0 Å². The van der Waals surface area contributed by atoms with Crippen molar-refractivity contribution in [2.45, 2.75) is 52.5 Å². The van der Waals surface area contributed by atoms with Gasteiger partial charge in [-0.2, -0.15) is 5.10 Å². The van der Waals surface area contributed by atoms with Crippen molar-refractivity contribution in [1.29, 1.82) is 0 Å². The van der Waals surface area contributed by atoms with Gasteiger partial charge in [-0.25, -0.2) is 0 Å². The van der Waals surface area contributed by atoms with Gasteiger partial charge in [0, 0.05) is 18.8 Å². The van der Waals surface area contributed by atoms with E-state index in [9.17, 15) is 9.59 Å². The van der Waals surface area contributed by atoms with Gasteiger partial charge < -0.3 is 0 Å². The van der Waals surface area contributed by atoms with E-state index >= 15 is 0 Å². The predicted molar refractivity (Wildman–Crippen MR) is 86.2 cm³/mol. The highest BCUT2D eigenvalue weighted by Gasteiger charge is 2.47. The second-order valence-corrected chi connectivity index (χ2v) is 7.18. The molecular formula is C16H22BrN3O2. The number of aryl methyl sites for hydroxylation is 2. The number of hydrogen-bond donors (Lipinski definition) is 0. The molecule has 1 aliphatic carbocycles. The van der Waals surface area contributed by atoms with E-state index in [1.54, 1.807) is 0 Å². The van der Waals surface area contributed by atoms with Gasteiger partial charge in [0.2, 0.25) is 11.8 Å². The Morgan fingerprint density at radius 2 is 1.68 bits per heavy atom. The van der Waals surface area contributed by atoms with Crippen LogP contribution in [0.2, 0.25) is 0 Å². The lowest BCUT2D eigenvalue weighted by Crippen LogP contribution is -2.32. The number of halogens is 1. The fraction of sp³-hybridized carbons (Fsp3) is 0.688. The Kier molecular flexibility index (Phi) is 4.39. The molecule has 2 fully saturated rings. The first kappa shape index (κ1) is 15.7. The fourth-order valence-electron chi connectivity index (χ4n) is 3.72. The lowest BCUT2D eigenvalue weighted by atomic mass is 9.81. The summed E-state index contributed by atoms with van der Waals surface area (Å²) in [5.41, 5.74) is 2.06. The Morgan fingerprint density at radius 3 is 2.18 bits per heavy atom. The van der Waals surface area contributed by atoms with Crippen LogP contribution in [0.15, 0.2) is 4.47 Å². The van der Waals surface area contributed by atoms with Crippen molar-refractivity contribution < 1.29 is 9.59 Å².